The highest BCUT2D eigenvalue weighted by atomic mass is 32.2. The van der Waals surface area contributed by atoms with Gasteiger partial charge in [-0.2, -0.15) is 0 Å². The quantitative estimate of drug-likeness (QED) is 0.796. The van der Waals surface area contributed by atoms with E-state index in [9.17, 15) is 13.2 Å². The zero-order chi connectivity index (χ0) is 18.0. The molecule has 0 aromatic heterocycles. The summed E-state index contributed by atoms with van der Waals surface area (Å²) in [6.07, 6.45) is 4.15. The van der Waals surface area contributed by atoms with Crippen LogP contribution >= 0.6 is 0 Å². The molecule has 138 valence electrons. The Labute approximate surface area is 149 Å². The molecule has 1 aromatic rings. The second-order valence-corrected chi connectivity index (χ2v) is 9.24. The normalized spacial score (nSPS) is 22.4. The molecule has 7 heteroatoms. The molecule has 1 aromatic carbocycles. The minimum absolute atomic E-state index is 0.0363. The largest absolute Gasteiger partial charge is 0.399 e. The molecule has 1 saturated heterocycles. The van der Waals surface area contributed by atoms with Crippen molar-refractivity contribution < 1.29 is 13.2 Å². The molecule has 0 saturated carbocycles. The fourth-order valence-corrected chi connectivity index (χ4v) is 4.98. The molecule has 3 rings (SSSR count). The maximum atomic E-state index is 12.7. The highest BCUT2D eigenvalue weighted by Gasteiger charge is 2.31. The van der Waals surface area contributed by atoms with Gasteiger partial charge in [0.2, 0.25) is 15.9 Å². The van der Waals surface area contributed by atoms with E-state index in [1.54, 1.807) is 6.92 Å². The molecule has 1 fully saturated rings. The van der Waals surface area contributed by atoms with Crippen LogP contribution in [-0.4, -0.2) is 37.5 Å². The lowest BCUT2D eigenvalue weighted by Crippen LogP contribution is -2.44. The van der Waals surface area contributed by atoms with Gasteiger partial charge in [0, 0.05) is 24.7 Å². The maximum absolute atomic E-state index is 12.7. The summed E-state index contributed by atoms with van der Waals surface area (Å²) in [5.74, 6) is 0.0527. The average molecular weight is 365 g/mol. The first kappa shape index (κ1) is 18.2. The predicted molar refractivity (Wildman–Crippen MR) is 98.4 cm³/mol. The molecule has 1 amide bonds. The van der Waals surface area contributed by atoms with Crippen LogP contribution in [0.4, 0.5) is 5.69 Å². The summed E-state index contributed by atoms with van der Waals surface area (Å²) >= 11 is 0. The van der Waals surface area contributed by atoms with Crippen LogP contribution in [0, 0.1) is 5.92 Å². The molecular weight excluding hydrogens is 338 g/mol. The fourth-order valence-electron chi connectivity index (χ4n) is 3.85. The number of nitrogens with two attached hydrogens (primary N) is 1. The molecule has 1 heterocycles. The van der Waals surface area contributed by atoms with Crippen molar-refractivity contribution in [3.63, 3.8) is 0 Å². The van der Waals surface area contributed by atoms with Gasteiger partial charge in [-0.15, -0.1) is 0 Å². The number of anilines is 1. The van der Waals surface area contributed by atoms with Gasteiger partial charge in [0.1, 0.15) is 0 Å². The smallest absolute Gasteiger partial charge is 0.223 e. The van der Waals surface area contributed by atoms with Gasteiger partial charge in [0.25, 0.3) is 0 Å². The van der Waals surface area contributed by atoms with E-state index in [4.69, 9.17) is 5.73 Å². The van der Waals surface area contributed by atoms with E-state index in [0.29, 0.717) is 25.9 Å². The first-order valence-electron chi connectivity index (χ1n) is 9.07. The minimum Gasteiger partial charge on any atom is -0.399 e. The number of rotatable bonds is 4. The lowest BCUT2D eigenvalue weighted by atomic mass is 9.86. The van der Waals surface area contributed by atoms with Gasteiger partial charge in [0.15, 0.2) is 0 Å². The van der Waals surface area contributed by atoms with Crippen LogP contribution in [0.5, 0.6) is 0 Å². The number of hydrogen-bond acceptors (Lipinski definition) is 4. The summed E-state index contributed by atoms with van der Waals surface area (Å²) < 4.78 is 25.4. The van der Waals surface area contributed by atoms with Gasteiger partial charge < -0.3 is 11.1 Å². The van der Waals surface area contributed by atoms with Gasteiger partial charge in [-0.3, -0.25) is 4.79 Å². The predicted octanol–water partition coefficient (Wildman–Crippen LogP) is 1.82. The third-order valence-electron chi connectivity index (χ3n) is 5.38. The lowest BCUT2D eigenvalue weighted by Gasteiger charge is -2.32. The standard InChI is InChI=1S/C18H27N3O3S/c1-2-25(23,24)21-10-8-13(9-11-21)18(22)20-17-5-3-4-14-12-15(19)6-7-16(14)17/h6-7,12-13,17H,2-5,8-11,19H2,1H3,(H,20,22). The minimum atomic E-state index is -3.15. The number of carbonyl (C=O) groups excluding carboxylic acids is 1. The Morgan fingerprint density at radius 2 is 2.00 bits per heavy atom. The Kier molecular flexibility index (Phi) is 5.34. The number of hydrogen-bond donors (Lipinski definition) is 2. The molecule has 0 bridgehead atoms. The topological polar surface area (TPSA) is 92.5 Å². The van der Waals surface area contributed by atoms with Crippen molar-refractivity contribution in [2.45, 2.75) is 45.1 Å². The number of amides is 1. The van der Waals surface area contributed by atoms with Gasteiger partial charge in [0.05, 0.1) is 11.8 Å². The van der Waals surface area contributed by atoms with Crippen molar-refractivity contribution in [2.75, 3.05) is 24.6 Å². The zero-order valence-corrected chi connectivity index (χ0v) is 15.5. The van der Waals surface area contributed by atoms with Crippen LogP contribution in [0.2, 0.25) is 0 Å². The van der Waals surface area contributed by atoms with Gasteiger partial charge >= 0.3 is 0 Å². The van der Waals surface area contributed by atoms with E-state index in [1.807, 2.05) is 18.2 Å². The number of carbonyl (C=O) groups is 1. The Morgan fingerprint density at radius 3 is 2.68 bits per heavy atom. The van der Waals surface area contributed by atoms with Crippen LogP contribution in [-0.2, 0) is 21.2 Å². The first-order chi connectivity index (χ1) is 11.9. The molecule has 2 aliphatic rings. The third-order valence-corrected chi connectivity index (χ3v) is 7.26. The zero-order valence-electron chi connectivity index (χ0n) is 14.7. The number of aryl methyl sites for hydroxylation is 1. The Hall–Kier alpha value is -1.60. The van der Waals surface area contributed by atoms with E-state index in [0.717, 1.165) is 24.9 Å². The highest BCUT2D eigenvalue weighted by molar-refractivity contribution is 7.89. The second-order valence-electron chi connectivity index (χ2n) is 6.99. The van der Waals surface area contributed by atoms with Crippen molar-refractivity contribution in [2.24, 2.45) is 5.92 Å². The first-order valence-corrected chi connectivity index (χ1v) is 10.7. The summed E-state index contributed by atoms with van der Waals surface area (Å²) in [5.41, 5.74) is 9.01. The van der Waals surface area contributed by atoms with Crippen LogP contribution in [0.15, 0.2) is 18.2 Å². The average Bonchev–Trinajstić information content (AvgIpc) is 2.61. The van der Waals surface area contributed by atoms with Crippen molar-refractivity contribution in [1.29, 1.82) is 0 Å². The summed E-state index contributed by atoms with van der Waals surface area (Å²) in [6, 6.07) is 5.94. The maximum Gasteiger partial charge on any atom is 0.223 e. The molecule has 3 N–H and O–H groups in total. The van der Waals surface area contributed by atoms with Gasteiger partial charge in [-0.25, -0.2) is 12.7 Å². The number of nitrogens with zero attached hydrogens (tertiary/aromatic N) is 1. The summed E-state index contributed by atoms with van der Waals surface area (Å²) in [6.45, 7) is 2.53. The molecular formula is C18H27N3O3S. The van der Waals surface area contributed by atoms with E-state index in [-0.39, 0.29) is 23.6 Å². The summed E-state index contributed by atoms with van der Waals surface area (Å²) in [5, 5.41) is 3.18. The van der Waals surface area contributed by atoms with Crippen LogP contribution in [0.3, 0.4) is 0 Å². The van der Waals surface area contributed by atoms with Gasteiger partial charge in [-0.1, -0.05) is 6.07 Å². The SMILES string of the molecule is CCS(=O)(=O)N1CCC(C(=O)NC2CCCc3cc(N)ccc32)CC1. The lowest BCUT2D eigenvalue weighted by molar-refractivity contribution is -0.127. The van der Waals surface area contributed by atoms with E-state index in [1.165, 1.54) is 15.4 Å². The van der Waals surface area contributed by atoms with E-state index >= 15 is 0 Å². The van der Waals surface area contributed by atoms with Crippen molar-refractivity contribution in [3.05, 3.63) is 29.3 Å². The van der Waals surface area contributed by atoms with E-state index < -0.39 is 10.0 Å². The van der Waals surface area contributed by atoms with Gasteiger partial charge in [-0.05, 0) is 62.3 Å². The number of nitrogens with one attached hydrogen (secondary N) is 1. The van der Waals surface area contributed by atoms with Crippen LogP contribution < -0.4 is 11.1 Å². The fraction of sp³-hybridized carbons (Fsp3) is 0.611. The highest BCUT2D eigenvalue weighted by Crippen LogP contribution is 2.31. The molecule has 1 aliphatic heterocycles. The van der Waals surface area contributed by atoms with Crippen molar-refractivity contribution in [1.82, 2.24) is 9.62 Å². The monoisotopic (exact) mass is 365 g/mol. The number of sulfonamides is 1. The molecule has 0 radical (unpaired) electrons. The van der Waals surface area contributed by atoms with E-state index in [2.05, 4.69) is 5.32 Å². The molecule has 1 unspecified atom stereocenters. The molecule has 1 atom stereocenters. The Balaban J connectivity index is 1.61. The summed E-state index contributed by atoms with van der Waals surface area (Å²) in [4.78, 5) is 12.7. The summed E-state index contributed by atoms with van der Waals surface area (Å²) in [7, 11) is -3.15. The number of benzene rings is 1. The van der Waals surface area contributed by atoms with Crippen molar-refractivity contribution in [3.8, 4) is 0 Å². The number of piperidine rings is 1. The Morgan fingerprint density at radius 1 is 1.28 bits per heavy atom. The number of fused-ring (bicyclic) bond motifs is 1. The molecule has 6 nitrogen and oxygen atoms in total. The van der Waals surface area contributed by atoms with Crippen molar-refractivity contribution >= 4 is 21.6 Å². The number of nitrogen functional groups attached to an aromatic ring is 1. The third kappa shape index (κ3) is 3.98. The molecule has 0 spiro atoms. The Bertz CT molecular complexity index is 740. The molecule has 1 aliphatic carbocycles. The molecule has 25 heavy (non-hydrogen) atoms. The van der Waals surface area contributed by atoms with Crippen LogP contribution in [0.1, 0.15) is 49.8 Å². The van der Waals surface area contributed by atoms with Crippen LogP contribution in [0.25, 0.3) is 0 Å². The second kappa shape index (κ2) is 7.33.